The molecule has 0 aliphatic heterocycles. The number of nitrogens with zero attached hydrogens (tertiary/aromatic N) is 4. The van der Waals surface area contributed by atoms with Crippen molar-refractivity contribution in [2.24, 2.45) is 12.0 Å². The third-order valence-corrected chi connectivity index (χ3v) is 5.31. The Kier molecular flexibility index (Phi) is 5.79. The zero-order valence-electron chi connectivity index (χ0n) is 16.5. The molecule has 1 aromatic carbocycles. The monoisotopic (exact) mass is 372 g/mol. The quantitative estimate of drug-likeness (QED) is 0.577. The molecule has 0 bridgehead atoms. The number of hydrogen-bond acceptors (Lipinski definition) is 3. The summed E-state index contributed by atoms with van der Waals surface area (Å²) in [5, 5.41) is 11.0. The van der Waals surface area contributed by atoms with Crippen molar-refractivity contribution in [3.8, 4) is 0 Å². The van der Waals surface area contributed by atoms with Crippen LogP contribution in [0.4, 0.5) is 4.39 Å². The molecule has 1 saturated carbocycles. The molecule has 1 unspecified atom stereocenters. The van der Waals surface area contributed by atoms with Crippen LogP contribution in [0.25, 0.3) is 0 Å². The van der Waals surface area contributed by atoms with E-state index in [1.54, 1.807) is 13.1 Å². The van der Waals surface area contributed by atoms with Gasteiger partial charge in [-0.3, -0.25) is 9.67 Å². The molecule has 1 heterocycles. The topological polar surface area (TPSA) is 57.5 Å². The molecule has 2 aromatic rings. The van der Waals surface area contributed by atoms with Gasteiger partial charge < -0.3 is 15.5 Å². The van der Waals surface area contributed by atoms with Gasteiger partial charge in [-0.25, -0.2) is 4.39 Å². The zero-order chi connectivity index (χ0) is 19.4. The van der Waals surface area contributed by atoms with Crippen LogP contribution in [0, 0.1) is 5.82 Å². The summed E-state index contributed by atoms with van der Waals surface area (Å²) in [5.74, 6) is 0.609. The summed E-state index contributed by atoms with van der Waals surface area (Å²) in [6, 6.07) is 7.26. The van der Waals surface area contributed by atoms with Crippen molar-refractivity contribution in [1.29, 1.82) is 0 Å². The van der Waals surface area contributed by atoms with E-state index >= 15 is 0 Å². The first-order chi connectivity index (χ1) is 12.9. The molecule has 1 fully saturated rings. The normalized spacial score (nSPS) is 17.0. The molecule has 3 rings (SSSR count). The van der Waals surface area contributed by atoms with Crippen LogP contribution >= 0.6 is 0 Å². The Morgan fingerprint density at radius 2 is 2.07 bits per heavy atom. The summed E-state index contributed by atoms with van der Waals surface area (Å²) >= 11 is 0. The minimum absolute atomic E-state index is 0.118. The lowest BCUT2D eigenvalue weighted by Crippen LogP contribution is -2.44. The number of guanidine groups is 1. The van der Waals surface area contributed by atoms with Crippen LogP contribution in [-0.4, -0.2) is 54.9 Å². The van der Waals surface area contributed by atoms with Gasteiger partial charge in [0.1, 0.15) is 5.82 Å². The second-order valence-corrected chi connectivity index (χ2v) is 7.49. The maximum Gasteiger partial charge on any atom is 0.191 e. The highest BCUT2D eigenvalue weighted by Crippen LogP contribution is 2.48. The van der Waals surface area contributed by atoms with Gasteiger partial charge in [-0.15, -0.1) is 0 Å². The van der Waals surface area contributed by atoms with Crippen LogP contribution in [0.5, 0.6) is 0 Å². The maximum absolute atomic E-state index is 14.2. The molecule has 7 heteroatoms. The van der Waals surface area contributed by atoms with Crippen molar-refractivity contribution in [3.63, 3.8) is 0 Å². The lowest BCUT2D eigenvalue weighted by molar-refractivity contribution is 0.298. The van der Waals surface area contributed by atoms with Gasteiger partial charge in [-0.1, -0.05) is 18.2 Å². The predicted octanol–water partition coefficient (Wildman–Crippen LogP) is 2.06. The second kappa shape index (κ2) is 8.08. The van der Waals surface area contributed by atoms with Crippen molar-refractivity contribution < 1.29 is 4.39 Å². The number of likely N-dealkylation sites (N-methyl/N-ethyl adjacent to an activating group) is 1. The minimum Gasteiger partial charge on any atom is -0.356 e. The Bertz CT molecular complexity index is 793. The Hall–Kier alpha value is -2.41. The number of nitrogens with one attached hydrogen (secondary N) is 2. The average molecular weight is 372 g/mol. The van der Waals surface area contributed by atoms with Gasteiger partial charge in [-0.2, -0.15) is 5.10 Å². The maximum atomic E-state index is 14.2. The number of aryl methyl sites for hydroxylation is 1. The Morgan fingerprint density at radius 3 is 2.63 bits per heavy atom. The molecule has 0 saturated heterocycles. The SMILES string of the molecule is CN=C(NCC(c1cnn(C)c1)N(C)C)NCC1(c2ccccc2F)CC1. The predicted molar refractivity (Wildman–Crippen MR) is 106 cm³/mol. The second-order valence-electron chi connectivity index (χ2n) is 7.49. The standard InChI is InChI=1S/C20H29FN6/c1-22-19(23-12-18(26(2)3)15-11-25-27(4)13-15)24-14-20(9-10-20)16-7-5-6-8-17(16)21/h5-8,11,13,18H,9-10,12,14H2,1-4H3,(H2,22,23,24). The third-order valence-electron chi connectivity index (χ3n) is 5.31. The molecule has 6 nitrogen and oxygen atoms in total. The van der Waals surface area contributed by atoms with Crippen molar-refractivity contribution >= 4 is 5.96 Å². The van der Waals surface area contributed by atoms with Crippen LogP contribution in [0.15, 0.2) is 41.7 Å². The zero-order valence-corrected chi connectivity index (χ0v) is 16.5. The van der Waals surface area contributed by atoms with Gasteiger partial charge in [0.15, 0.2) is 5.96 Å². The summed E-state index contributed by atoms with van der Waals surface area (Å²) in [4.78, 5) is 6.48. The molecular weight excluding hydrogens is 343 g/mol. The highest BCUT2D eigenvalue weighted by atomic mass is 19.1. The van der Waals surface area contributed by atoms with E-state index in [0.717, 1.165) is 29.9 Å². The van der Waals surface area contributed by atoms with Crippen molar-refractivity contribution in [2.75, 3.05) is 34.2 Å². The molecule has 1 aromatic heterocycles. The van der Waals surface area contributed by atoms with E-state index in [2.05, 4.69) is 25.6 Å². The highest BCUT2D eigenvalue weighted by molar-refractivity contribution is 5.79. The average Bonchev–Trinajstić information content (AvgIpc) is 3.31. The number of halogens is 1. The molecular formula is C20H29FN6. The summed E-state index contributed by atoms with van der Waals surface area (Å²) in [7, 11) is 7.77. The first-order valence-corrected chi connectivity index (χ1v) is 9.30. The van der Waals surface area contributed by atoms with Crippen LogP contribution in [0.3, 0.4) is 0 Å². The fraction of sp³-hybridized carbons (Fsp3) is 0.500. The van der Waals surface area contributed by atoms with Gasteiger partial charge >= 0.3 is 0 Å². The molecule has 1 atom stereocenters. The van der Waals surface area contributed by atoms with E-state index in [4.69, 9.17) is 0 Å². The van der Waals surface area contributed by atoms with Gasteiger partial charge in [0.05, 0.1) is 12.2 Å². The third kappa shape index (κ3) is 4.47. The Balaban J connectivity index is 1.59. The van der Waals surface area contributed by atoms with Crippen LogP contribution in [-0.2, 0) is 12.5 Å². The first-order valence-electron chi connectivity index (χ1n) is 9.30. The van der Waals surface area contributed by atoms with Crippen molar-refractivity contribution in [1.82, 2.24) is 25.3 Å². The molecule has 27 heavy (non-hydrogen) atoms. The lowest BCUT2D eigenvalue weighted by Gasteiger charge is -2.25. The molecule has 0 spiro atoms. The van der Waals surface area contributed by atoms with E-state index in [-0.39, 0.29) is 17.3 Å². The van der Waals surface area contributed by atoms with E-state index < -0.39 is 0 Å². The Morgan fingerprint density at radius 1 is 1.33 bits per heavy atom. The molecule has 0 amide bonds. The number of hydrogen-bond donors (Lipinski definition) is 2. The fourth-order valence-corrected chi connectivity index (χ4v) is 3.46. The van der Waals surface area contributed by atoms with Crippen LogP contribution < -0.4 is 10.6 Å². The van der Waals surface area contributed by atoms with Gasteiger partial charge in [0.2, 0.25) is 0 Å². The summed E-state index contributed by atoms with van der Waals surface area (Å²) < 4.78 is 16.0. The summed E-state index contributed by atoms with van der Waals surface area (Å²) in [6.45, 7) is 1.37. The highest BCUT2D eigenvalue weighted by Gasteiger charge is 2.45. The first kappa shape index (κ1) is 19.4. The molecule has 0 radical (unpaired) electrons. The smallest absolute Gasteiger partial charge is 0.191 e. The van der Waals surface area contributed by atoms with E-state index in [1.807, 2.05) is 50.4 Å². The number of benzene rings is 1. The van der Waals surface area contributed by atoms with Gasteiger partial charge in [0, 0.05) is 44.4 Å². The number of aliphatic imine (C=N–C) groups is 1. The molecule has 1 aliphatic rings. The van der Waals surface area contributed by atoms with Crippen LogP contribution in [0.1, 0.15) is 30.0 Å². The summed E-state index contributed by atoms with van der Waals surface area (Å²) in [6.07, 6.45) is 5.90. The fourth-order valence-electron chi connectivity index (χ4n) is 3.46. The van der Waals surface area contributed by atoms with Gasteiger partial charge in [-0.05, 0) is 38.6 Å². The lowest BCUT2D eigenvalue weighted by atomic mass is 9.95. The van der Waals surface area contributed by atoms with Gasteiger partial charge in [0.25, 0.3) is 0 Å². The molecule has 1 aliphatic carbocycles. The van der Waals surface area contributed by atoms with E-state index in [1.165, 1.54) is 6.07 Å². The van der Waals surface area contributed by atoms with Crippen molar-refractivity contribution in [3.05, 3.63) is 53.6 Å². The number of aromatic nitrogens is 2. The van der Waals surface area contributed by atoms with Crippen LogP contribution in [0.2, 0.25) is 0 Å². The molecule has 2 N–H and O–H groups in total. The largest absolute Gasteiger partial charge is 0.356 e. The Labute approximate surface area is 160 Å². The summed E-state index contributed by atoms with van der Waals surface area (Å²) in [5.41, 5.74) is 1.83. The molecule has 146 valence electrons. The minimum atomic E-state index is -0.121. The van der Waals surface area contributed by atoms with E-state index in [0.29, 0.717) is 13.1 Å². The van der Waals surface area contributed by atoms with E-state index in [9.17, 15) is 4.39 Å². The van der Waals surface area contributed by atoms with Crippen molar-refractivity contribution in [2.45, 2.75) is 24.3 Å². The number of rotatable bonds is 7.